The van der Waals surface area contributed by atoms with Crippen molar-refractivity contribution in [2.45, 2.75) is 32.2 Å². The van der Waals surface area contributed by atoms with Crippen molar-refractivity contribution >= 4 is 0 Å². The molecule has 0 spiro atoms. The highest BCUT2D eigenvalue weighted by molar-refractivity contribution is 5.00. The van der Waals surface area contributed by atoms with Crippen LogP contribution in [0.4, 0.5) is 0 Å². The van der Waals surface area contributed by atoms with Crippen molar-refractivity contribution in [1.29, 1.82) is 0 Å². The zero-order valence-electron chi connectivity index (χ0n) is 7.27. The number of rotatable bonds is 3. The summed E-state index contributed by atoms with van der Waals surface area (Å²) in [6.45, 7) is 6.99. The molecule has 1 heteroatoms. The quantitative estimate of drug-likeness (QED) is 0.608. The van der Waals surface area contributed by atoms with Gasteiger partial charge in [-0.1, -0.05) is 12.2 Å². The van der Waals surface area contributed by atoms with Crippen molar-refractivity contribution in [3.05, 3.63) is 12.2 Å². The summed E-state index contributed by atoms with van der Waals surface area (Å²) in [4.78, 5) is 0. The molecule has 0 aromatic heterocycles. The van der Waals surface area contributed by atoms with Crippen molar-refractivity contribution in [2.24, 2.45) is 11.8 Å². The fourth-order valence-corrected chi connectivity index (χ4v) is 2.20. The summed E-state index contributed by atoms with van der Waals surface area (Å²) in [5.74, 6) is 2.19. The molecule has 0 aromatic rings. The van der Waals surface area contributed by atoms with Crippen LogP contribution in [0, 0.1) is 11.8 Å². The van der Waals surface area contributed by atoms with Gasteiger partial charge in [0.15, 0.2) is 0 Å². The highest BCUT2D eigenvalue weighted by Crippen LogP contribution is 2.51. The minimum absolute atomic E-state index is 0.815. The zero-order valence-corrected chi connectivity index (χ0v) is 7.27. The SMILES string of the molecule is C=C(C)CNC1CC2CC2C1. The molecule has 62 valence electrons. The van der Waals surface area contributed by atoms with Crippen LogP contribution in [0.1, 0.15) is 26.2 Å². The van der Waals surface area contributed by atoms with Crippen molar-refractivity contribution in [1.82, 2.24) is 5.32 Å². The number of hydrogen-bond donors (Lipinski definition) is 1. The molecule has 2 rings (SSSR count). The smallest absolute Gasteiger partial charge is 0.0161 e. The van der Waals surface area contributed by atoms with Gasteiger partial charge in [-0.2, -0.15) is 0 Å². The summed E-state index contributed by atoms with van der Waals surface area (Å²) in [7, 11) is 0. The maximum absolute atomic E-state index is 3.88. The average molecular weight is 151 g/mol. The summed E-state index contributed by atoms with van der Waals surface area (Å²) in [5, 5.41) is 3.54. The molecule has 0 saturated heterocycles. The van der Waals surface area contributed by atoms with Gasteiger partial charge in [0.2, 0.25) is 0 Å². The van der Waals surface area contributed by atoms with Gasteiger partial charge in [-0.05, 0) is 38.0 Å². The normalized spacial score (nSPS) is 40.3. The summed E-state index contributed by atoms with van der Waals surface area (Å²) in [5.41, 5.74) is 1.26. The molecule has 0 aromatic carbocycles. The number of nitrogens with one attached hydrogen (secondary N) is 1. The van der Waals surface area contributed by atoms with E-state index in [4.69, 9.17) is 0 Å². The first-order valence-corrected chi connectivity index (χ1v) is 4.63. The van der Waals surface area contributed by atoms with E-state index < -0.39 is 0 Å². The van der Waals surface area contributed by atoms with Crippen molar-refractivity contribution in [3.8, 4) is 0 Å². The highest BCUT2D eigenvalue weighted by Gasteiger charge is 2.45. The van der Waals surface area contributed by atoms with Crippen LogP contribution in [0.5, 0.6) is 0 Å². The third kappa shape index (κ3) is 1.64. The Labute approximate surface area is 68.9 Å². The Morgan fingerprint density at radius 1 is 1.36 bits per heavy atom. The van der Waals surface area contributed by atoms with E-state index in [2.05, 4.69) is 18.8 Å². The highest BCUT2D eigenvalue weighted by atomic mass is 14.9. The monoisotopic (exact) mass is 151 g/mol. The maximum atomic E-state index is 3.88. The van der Waals surface area contributed by atoms with Gasteiger partial charge in [0, 0.05) is 12.6 Å². The number of fused-ring (bicyclic) bond motifs is 1. The van der Waals surface area contributed by atoms with Gasteiger partial charge >= 0.3 is 0 Å². The van der Waals surface area contributed by atoms with E-state index in [0.29, 0.717) is 0 Å². The predicted octanol–water partition coefficient (Wildman–Crippen LogP) is 1.95. The molecule has 1 N–H and O–H groups in total. The van der Waals surface area contributed by atoms with E-state index >= 15 is 0 Å². The lowest BCUT2D eigenvalue weighted by atomic mass is 10.1. The average Bonchev–Trinajstić information content (AvgIpc) is 2.56. The zero-order chi connectivity index (χ0) is 7.84. The summed E-state index contributed by atoms with van der Waals surface area (Å²) >= 11 is 0. The second-order valence-corrected chi connectivity index (χ2v) is 4.26. The Balaban J connectivity index is 1.68. The van der Waals surface area contributed by atoms with Gasteiger partial charge in [0.05, 0.1) is 0 Å². The Morgan fingerprint density at radius 3 is 2.55 bits per heavy atom. The summed E-state index contributed by atoms with van der Waals surface area (Å²) in [6.07, 6.45) is 4.38. The second kappa shape index (κ2) is 2.63. The van der Waals surface area contributed by atoms with Crippen molar-refractivity contribution < 1.29 is 0 Å². The molecule has 0 bridgehead atoms. The van der Waals surface area contributed by atoms with Crippen LogP contribution < -0.4 is 5.32 Å². The van der Waals surface area contributed by atoms with Crippen LogP contribution >= 0.6 is 0 Å². The maximum Gasteiger partial charge on any atom is 0.0161 e. The molecule has 0 heterocycles. The fraction of sp³-hybridized carbons (Fsp3) is 0.800. The largest absolute Gasteiger partial charge is 0.310 e. The molecule has 11 heavy (non-hydrogen) atoms. The van der Waals surface area contributed by atoms with Gasteiger partial charge in [-0.25, -0.2) is 0 Å². The molecule has 2 fully saturated rings. The topological polar surface area (TPSA) is 12.0 Å². The Hall–Kier alpha value is -0.300. The molecule has 0 amide bonds. The molecule has 2 atom stereocenters. The molecular weight excluding hydrogens is 134 g/mol. The van der Waals surface area contributed by atoms with Crippen LogP contribution in [0.25, 0.3) is 0 Å². The van der Waals surface area contributed by atoms with E-state index in [1.165, 1.54) is 24.8 Å². The lowest BCUT2D eigenvalue weighted by Gasteiger charge is -2.13. The molecule has 1 nitrogen and oxygen atoms in total. The predicted molar refractivity (Wildman–Crippen MR) is 47.4 cm³/mol. The molecular formula is C10H17N. The summed E-state index contributed by atoms with van der Waals surface area (Å²) < 4.78 is 0. The molecule has 2 aliphatic carbocycles. The molecule has 0 aliphatic heterocycles. The van der Waals surface area contributed by atoms with Gasteiger partial charge in [-0.3, -0.25) is 0 Å². The minimum atomic E-state index is 0.815. The van der Waals surface area contributed by atoms with Crippen LogP contribution in [0.3, 0.4) is 0 Å². The van der Waals surface area contributed by atoms with E-state index in [9.17, 15) is 0 Å². The van der Waals surface area contributed by atoms with E-state index in [-0.39, 0.29) is 0 Å². The summed E-state index contributed by atoms with van der Waals surface area (Å²) in [6, 6.07) is 0.815. The van der Waals surface area contributed by atoms with Crippen molar-refractivity contribution in [3.63, 3.8) is 0 Å². The third-order valence-corrected chi connectivity index (χ3v) is 2.94. The van der Waals surface area contributed by atoms with Crippen LogP contribution in [-0.4, -0.2) is 12.6 Å². The van der Waals surface area contributed by atoms with E-state index in [1.54, 1.807) is 0 Å². The lowest BCUT2D eigenvalue weighted by Crippen LogP contribution is -2.28. The first-order chi connectivity index (χ1) is 5.25. The Bertz CT molecular complexity index is 164. The lowest BCUT2D eigenvalue weighted by molar-refractivity contribution is 0.500. The van der Waals surface area contributed by atoms with Gasteiger partial charge in [0.1, 0.15) is 0 Å². The first kappa shape index (κ1) is 7.35. The van der Waals surface area contributed by atoms with Crippen LogP contribution in [0.15, 0.2) is 12.2 Å². The fourth-order valence-electron chi connectivity index (χ4n) is 2.20. The van der Waals surface area contributed by atoms with Crippen LogP contribution in [-0.2, 0) is 0 Å². The Morgan fingerprint density at radius 2 is 2.00 bits per heavy atom. The second-order valence-electron chi connectivity index (χ2n) is 4.26. The Kier molecular flexibility index (Phi) is 1.76. The van der Waals surface area contributed by atoms with Gasteiger partial charge in [0.25, 0.3) is 0 Å². The van der Waals surface area contributed by atoms with E-state index in [1.807, 2.05) is 0 Å². The first-order valence-electron chi connectivity index (χ1n) is 4.63. The van der Waals surface area contributed by atoms with Crippen LogP contribution in [0.2, 0.25) is 0 Å². The number of hydrogen-bond acceptors (Lipinski definition) is 1. The van der Waals surface area contributed by atoms with Crippen molar-refractivity contribution in [2.75, 3.05) is 6.54 Å². The van der Waals surface area contributed by atoms with Gasteiger partial charge in [-0.15, -0.1) is 0 Å². The molecule has 2 aliphatic rings. The third-order valence-electron chi connectivity index (χ3n) is 2.94. The van der Waals surface area contributed by atoms with Gasteiger partial charge < -0.3 is 5.32 Å². The molecule has 0 radical (unpaired) electrons. The van der Waals surface area contributed by atoms with E-state index in [0.717, 1.165) is 24.4 Å². The minimum Gasteiger partial charge on any atom is -0.310 e. The molecule has 2 unspecified atom stereocenters. The molecule has 2 saturated carbocycles. The standard InChI is InChI=1S/C10H17N/c1-7(2)6-11-10-4-8-3-9(8)5-10/h8-11H,1,3-6H2,2H3.